The first kappa shape index (κ1) is 16.3. The highest BCUT2D eigenvalue weighted by Gasteiger charge is 2.24. The molecule has 0 radical (unpaired) electrons. The Balaban J connectivity index is 1.97. The van der Waals surface area contributed by atoms with Crippen LogP contribution in [-0.2, 0) is 9.53 Å². The second kappa shape index (κ2) is 6.93. The van der Waals surface area contributed by atoms with Crippen molar-refractivity contribution in [1.82, 2.24) is 0 Å². The Labute approximate surface area is 148 Å². The molecule has 0 spiro atoms. The van der Waals surface area contributed by atoms with Crippen LogP contribution in [0.2, 0.25) is 0 Å². The van der Waals surface area contributed by atoms with E-state index in [1.807, 2.05) is 24.3 Å². The van der Waals surface area contributed by atoms with Gasteiger partial charge in [0, 0.05) is 10.5 Å². The molecule has 1 aliphatic heterocycles. The molecule has 0 saturated heterocycles. The summed E-state index contributed by atoms with van der Waals surface area (Å²) in [5.74, 6) is 1.33. The van der Waals surface area contributed by atoms with Crippen LogP contribution < -0.4 is 9.47 Å². The molecule has 0 atom stereocenters. The molecule has 0 aliphatic carbocycles. The first-order valence-electron chi connectivity index (χ1n) is 7.24. The van der Waals surface area contributed by atoms with Crippen molar-refractivity contribution in [2.45, 2.75) is 0 Å². The number of rotatable bonds is 4. The number of ether oxygens (including phenoxy) is 3. The van der Waals surface area contributed by atoms with Crippen LogP contribution >= 0.6 is 15.9 Å². The second-order valence-corrected chi connectivity index (χ2v) is 6.03. The molecule has 0 N–H and O–H groups in total. The molecular formula is C19H15BrO4. The van der Waals surface area contributed by atoms with Crippen molar-refractivity contribution in [3.8, 4) is 11.5 Å². The second-order valence-electron chi connectivity index (χ2n) is 5.12. The zero-order valence-corrected chi connectivity index (χ0v) is 14.8. The van der Waals surface area contributed by atoms with E-state index in [4.69, 9.17) is 14.2 Å². The molecule has 0 bridgehead atoms. The van der Waals surface area contributed by atoms with Gasteiger partial charge in [0.25, 0.3) is 0 Å². The Bertz CT molecular complexity index is 852. The number of halogens is 1. The average molecular weight is 387 g/mol. The van der Waals surface area contributed by atoms with E-state index < -0.39 is 0 Å². The van der Waals surface area contributed by atoms with Gasteiger partial charge in [-0.1, -0.05) is 28.1 Å². The molecule has 4 nitrogen and oxygen atoms in total. The maximum absolute atomic E-state index is 12.2. The van der Waals surface area contributed by atoms with E-state index in [0.717, 1.165) is 10.0 Å². The summed E-state index contributed by atoms with van der Waals surface area (Å²) in [5.41, 5.74) is 2.10. The van der Waals surface area contributed by atoms with Gasteiger partial charge in [-0.2, -0.15) is 0 Å². The van der Waals surface area contributed by atoms with Gasteiger partial charge in [0.15, 0.2) is 0 Å². The van der Waals surface area contributed by atoms with Crippen molar-refractivity contribution in [2.24, 2.45) is 0 Å². The van der Waals surface area contributed by atoms with Crippen LogP contribution in [0.3, 0.4) is 0 Å². The number of methoxy groups -OCH3 is 2. The third-order valence-corrected chi connectivity index (χ3v) is 4.06. The van der Waals surface area contributed by atoms with Crippen molar-refractivity contribution >= 4 is 33.7 Å². The summed E-state index contributed by atoms with van der Waals surface area (Å²) in [6.45, 7) is 0. The minimum atomic E-state index is -0.386. The number of hydrogen-bond donors (Lipinski definition) is 0. The molecule has 0 aromatic heterocycles. The van der Waals surface area contributed by atoms with Gasteiger partial charge >= 0.3 is 5.97 Å². The summed E-state index contributed by atoms with van der Waals surface area (Å²) in [6.07, 6.45) is 3.50. The van der Waals surface area contributed by atoms with E-state index in [2.05, 4.69) is 15.9 Å². The number of carbonyl (C=O) groups excluding carboxylic acids is 1. The Morgan fingerprint density at radius 3 is 2.62 bits per heavy atom. The number of hydrogen-bond acceptors (Lipinski definition) is 4. The molecule has 3 rings (SSSR count). The lowest BCUT2D eigenvalue weighted by molar-refractivity contribution is -0.130. The van der Waals surface area contributed by atoms with Gasteiger partial charge in [0.2, 0.25) is 0 Å². The maximum atomic E-state index is 12.2. The van der Waals surface area contributed by atoms with Gasteiger partial charge in [-0.25, -0.2) is 4.79 Å². The molecule has 0 unspecified atom stereocenters. The zero-order valence-electron chi connectivity index (χ0n) is 13.2. The van der Waals surface area contributed by atoms with Crippen LogP contribution in [0, 0.1) is 0 Å². The number of benzene rings is 2. The first-order valence-corrected chi connectivity index (χ1v) is 8.03. The summed E-state index contributed by atoms with van der Waals surface area (Å²) in [4.78, 5) is 12.2. The summed E-state index contributed by atoms with van der Waals surface area (Å²) in [7, 11) is 3.15. The Morgan fingerprint density at radius 1 is 1.08 bits per heavy atom. The van der Waals surface area contributed by atoms with Crippen LogP contribution in [0.1, 0.15) is 11.1 Å². The topological polar surface area (TPSA) is 44.8 Å². The number of esters is 1. The average Bonchev–Trinajstić information content (AvgIpc) is 2.94. The number of carbonyl (C=O) groups is 1. The monoisotopic (exact) mass is 386 g/mol. The third kappa shape index (κ3) is 3.36. The molecule has 0 saturated carbocycles. The molecule has 2 aromatic rings. The highest BCUT2D eigenvalue weighted by molar-refractivity contribution is 9.10. The van der Waals surface area contributed by atoms with Crippen LogP contribution in [0.5, 0.6) is 11.5 Å². The minimum absolute atomic E-state index is 0.386. The quantitative estimate of drug-likeness (QED) is 0.575. The van der Waals surface area contributed by atoms with E-state index in [1.165, 1.54) is 0 Å². The van der Waals surface area contributed by atoms with Gasteiger partial charge in [0.1, 0.15) is 17.3 Å². The molecule has 24 heavy (non-hydrogen) atoms. The molecule has 5 heteroatoms. The van der Waals surface area contributed by atoms with E-state index >= 15 is 0 Å². The fourth-order valence-corrected chi connectivity index (χ4v) is 2.82. The summed E-state index contributed by atoms with van der Waals surface area (Å²) < 4.78 is 16.9. The molecule has 122 valence electrons. The minimum Gasteiger partial charge on any atom is -0.497 e. The van der Waals surface area contributed by atoms with Crippen LogP contribution in [0.25, 0.3) is 11.8 Å². The van der Waals surface area contributed by atoms with Crippen molar-refractivity contribution in [3.63, 3.8) is 0 Å². The largest absolute Gasteiger partial charge is 0.497 e. The van der Waals surface area contributed by atoms with Gasteiger partial charge in [-0.05, 0) is 42.0 Å². The lowest BCUT2D eigenvalue weighted by Gasteiger charge is -2.10. The maximum Gasteiger partial charge on any atom is 0.343 e. The van der Waals surface area contributed by atoms with E-state index in [1.54, 1.807) is 44.6 Å². The zero-order chi connectivity index (χ0) is 17.1. The normalized spacial score (nSPS) is 15.2. The van der Waals surface area contributed by atoms with Crippen molar-refractivity contribution in [3.05, 3.63) is 69.7 Å². The summed E-state index contributed by atoms with van der Waals surface area (Å²) in [6, 6.07) is 13.0. The smallest absolute Gasteiger partial charge is 0.343 e. The SMILES string of the molecule is COc1ccc(C2=C/C(=C/c3cccc(Br)c3)C(=O)O2)c(OC)c1. The highest BCUT2D eigenvalue weighted by Crippen LogP contribution is 2.35. The first-order chi connectivity index (χ1) is 11.6. The Hall–Kier alpha value is -2.53. The molecule has 0 amide bonds. The predicted octanol–water partition coefficient (Wildman–Crippen LogP) is 4.45. The van der Waals surface area contributed by atoms with Crippen LogP contribution in [-0.4, -0.2) is 20.2 Å². The number of cyclic esters (lactones) is 1. The van der Waals surface area contributed by atoms with Gasteiger partial charge < -0.3 is 14.2 Å². The van der Waals surface area contributed by atoms with Crippen LogP contribution in [0.15, 0.2) is 58.6 Å². The van der Waals surface area contributed by atoms with Gasteiger partial charge in [-0.15, -0.1) is 0 Å². The lowest BCUT2D eigenvalue weighted by atomic mass is 10.1. The van der Waals surface area contributed by atoms with Gasteiger partial charge in [-0.3, -0.25) is 0 Å². The van der Waals surface area contributed by atoms with E-state index in [9.17, 15) is 4.79 Å². The third-order valence-electron chi connectivity index (χ3n) is 3.57. The van der Waals surface area contributed by atoms with Crippen molar-refractivity contribution in [1.29, 1.82) is 0 Å². The Morgan fingerprint density at radius 2 is 1.92 bits per heavy atom. The van der Waals surface area contributed by atoms with E-state index in [0.29, 0.717) is 28.4 Å². The lowest BCUT2D eigenvalue weighted by Crippen LogP contribution is -1.98. The molecule has 2 aromatic carbocycles. The molecule has 0 fully saturated rings. The Kier molecular flexibility index (Phi) is 4.71. The molecular weight excluding hydrogens is 372 g/mol. The van der Waals surface area contributed by atoms with Gasteiger partial charge in [0.05, 0.1) is 25.4 Å². The van der Waals surface area contributed by atoms with Crippen molar-refractivity contribution in [2.75, 3.05) is 14.2 Å². The predicted molar refractivity (Wildman–Crippen MR) is 95.7 cm³/mol. The van der Waals surface area contributed by atoms with Crippen LogP contribution in [0.4, 0.5) is 0 Å². The van der Waals surface area contributed by atoms with Crippen molar-refractivity contribution < 1.29 is 19.0 Å². The fourth-order valence-electron chi connectivity index (χ4n) is 2.40. The fraction of sp³-hybridized carbons (Fsp3) is 0.105. The standard InChI is InChI=1S/C19H15BrO4/c1-22-15-6-7-16(17(11-15)23-2)18-10-13(19(21)24-18)8-12-4-3-5-14(20)9-12/h3-11H,1-2H3/b13-8-. The van der Waals surface area contributed by atoms with E-state index in [-0.39, 0.29) is 5.97 Å². The summed E-state index contributed by atoms with van der Waals surface area (Å²) >= 11 is 3.42. The summed E-state index contributed by atoms with van der Waals surface area (Å²) in [5, 5.41) is 0. The molecule has 1 aliphatic rings. The highest BCUT2D eigenvalue weighted by atomic mass is 79.9. The molecule has 1 heterocycles.